The maximum absolute atomic E-state index is 13.3. The molecule has 0 bridgehead atoms. The molecule has 0 saturated heterocycles. The average molecular weight is 212 g/mol. The Morgan fingerprint density at radius 2 is 2.27 bits per heavy atom. The summed E-state index contributed by atoms with van der Waals surface area (Å²) in [5.41, 5.74) is 11.0. The SMILES string of the molecule is COc1ccc(C(CN)C(N)=O)cc1F. The van der Waals surface area contributed by atoms with Crippen molar-refractivity contribution in [2.24, 2.45) is 11.5 Å². The number of amides is 1. The number of halogens is 1. The fourth-order valence-electron chi connectivity index (χ4n) is 1.32. The van der Waals surface area contributed by atoms with E-state index in [0.717, 1.165) is 0 Å². The molecular weight excluding hydrogens is 199 g/mol. The van der Waals surface area contributed by atoms with E-state index in [-0.39, 0.29) is 12.3 Å². The standard InChI is InChI=1S/C10H13FN2O2/c1-15-9-3-2-6(4-8(9)11)7(5-12)10(13)14/h2-4,7H,5,12H2,1H3,(H2,13,14). The van der Waals surface area contributed by atoms with Crippen molar-refractivity contribution in [3.05, 3.63) is 29.6 Å². The van der Waals surface area contributed by atoms with Gasteiger partial charge < -0.3 is 16.2 Å². The number of rotatable bonds is 4. The van der Waals surface area contributed by atoms with Crippen molar-refractivity contribution in [2.45, 2.75) is 5.92 Å². The van der Waals surface area contributed by atoms with Crippen molar-refractivity contribution in [3.63, 3.8) is 0 Å². The van der Waals surface area contributed by atoms with Gasteiger partial charge in [-0.25, -0.2) is 4.39 Å². The van der Waals surface area contributed by atoms with Crippen molar-refractivity contribution in [3.8, 4) is 5.75 Å². The van der Waals surface area contributed by atoms with Crippen LogP contribution in [0, 0.1) is 5.82 Å². The van der Waals surface area contributed by atoms with E-state index in [1.807, 2.05) is 0 Å². The number of benzene rings is 1. The van der Waals surface area contributed by atoms with E-state index in [1.165, 1.54) is 19.2 Å². The highest BCUT2D eigenvalue weighted by atomic mass is 19.1. The van der Waals surface area contributed by atoms with Crippen molar-refractivity contribution in [2.75, 3.05) is 13.7 Å². The van der Waals surface area contributed by atoms with Gasteiger partial charge in [-0.2, -0.15) is 0 Å². The first kappa shape index (κ1) is 11.5. The van der Waals surface area contributed by atoms with Gasteiger partial charge in [0.25, 0.3) is 0 Å². The Morgan fingerprint density at radius 3 is 2.67 bits per heavy atom. The fraction of sp³-hybridized carbons (Fsp3) is 0.300. The first-order valence-electron chi connectivity index (χ1n) is 4.43. The Bertz CT molecular complexity index is 368. The highest BCUT2D eigenvalue weighted by molar-refractivity contribution is 5.82. The third-order valence-corrected chi connectivity index (χ3v) is 2.16. The van der Waals surface area contributed by atoms with Crippen LogP contribution >= 0.6 is 0 Å². The van der Waals surface area contributed by atoms with Crippen molar-refractivity contribution in [1.29, 1.82) is 0 Å². The summed E-state index contributed by atoms with van der Waals surface area (Å²) in [6, 6.07) is 4.22. The zero-order chi connectivity index (χ0) is 11.4. The summed E-state index contributed by atoms with van der Waals surface area (Å²) in [6.45, 7) is 0.0566. The number of carbonyl (C=O) groups is 1. The van der Waals surface area contributed by atoms with Gasteiger partial charge in [-0.05, 0) is 17.7 Å². The van der Waals surface area contributed by atoms with Crippen LogP contribution in [0.5, 0.6) is 5.75 Å². The minimum absolute atomic E-state index is 0.0566. The van der Waals surface area contributed by atoms with Crippen LogP contribution in [0.25, 0.3) is 0 Å². The van der Waals surface area contributed by atoms with E-state index in [1.54, 1.807) is 6.07 Å². The zero-order valence-corrected chi connectivity index (χ0v) is 8.37. The molecular formula is C10H13FN2O2. The molecule has 0 fully saturated rings. The molecule has 0 radical (unpaired) electrons. The zero-order valence-electron chi connectivity index (χ0n) is 8.37. The second kappa shape index (κ2) is 4.75. The van der Waals surface area contributed by atoms with Gasteiger partial charge in [0.05, 0.1) is 13.0 Å². The van der Waals surface area contributed by atoms with Crippen LogP contribution in [0.15, 0.2) is 18.2 Å². The van der Waals surface area contributed by atoms with E-state index in [9.17, 15) is 9.18 Å². The lowest BCUT2D eigenvalue weighted by molar-refractivity contribution is -0.119. The Labute approximate surface area is 87.0 Å². The van der Waals surface area contributed by atoms with Gasteiger partial charge in [-0.1, -0.05) is 6.07 Å². The lowest BCUT2D eigenvalue weighted by Crippen LogP contribution is -2.27. The molecule has 5 heteroatoms. The molecule has 1 aromatic rings. The van der Waals surface area contributed by atoms with Gasteiger partial charge in [0.15, 0.2) is 11.6 Å². The third kappa shape index (κ3) is 2.44. The number of hydrogen-bond acceptors (Lipinski definition) is 3. The molecule has 1 rings (SSSR count). The molecule has 4 N–H and O–H groups in total. The molecule has 0 saturated carbocycles. The van der Waals surface area contributed by atoms with E-state index in [2.05, 4.69) is 0 Å². The van der Waals surface area contributed by atoms with Gasteiger partial charge in [0, 0.05) is 6.54 Å². The predicted octanol–water partition coefficient (Wildman–Crippen LogP) is 0.362. The minimum Gasteiger partial charge on any atom is -0.494 e. The minimum atomic E-state index is -0.662. The van der Waals surface area contributed by atoms with Crippen molar-refractivity contribution in [1.82, 2.24) is 0 Å². The maximum Gasteiger partial charge on any atom is 0.226 e. The molecule has 0 spiro atoms. The molecule has 0 aliphatic rings. The summed E-state index contributed by atoms with van der Waals surface area (Å²) < 4.78 is 18.0. The molecule has 0 aliphatic carbocycles. The van der Waals surface area contributed by atoms with Gasteiger partial charge in [-0.3, -0.25) is 4.79 Å². The molecule has 82 valence electrons. The van der Waals surface area contributed by atoms with Gasteiger partial charge in [-0.15, -0.1) is 0 Å². The third-order valence-electron chi connectivity index (χ3n) is 2.16. The quantitative estimate of drug-likeness (QED) is 0.756. The van der Waals surface area contributed by atoms with Crippen LogP contribution in [0.2, 0.25) is 0 Å². The summed E-state index contributed by atoms with van der Waals surface area (Å²) in [5, 5.41) is 0. The molecule has 4 nitrogen and oxygen atoms in total. The van der Waals surface area contributed by atoms with Crippen LogP contribution in [-0.4, -0.2) is 19.6 Å². The van der Waals surface area contributed by atoms with E-state index in [0.29, 0.717) is 5.56 Å². The monoisotopic (exact) mass is 212 g/mol. The molecule has 0 heterocycles. The fourth-order valence-corrected chi connectivity index (χ4v) is 1.32. The first-order valence-corrected chi connectivity index (χ1v) is 4.43. The Hall–Kier alpha value is -1.62. The Kier molecular flexibility index (Phi) is 3.62. The molecule has 1 aromatic carbocycles. The lowest BCUT2D eigenvalue weighted by atomic mass is 9.98. The largest absolute Gasteiger partial charge is 0.494 e. The number of nitrogens with two attached hydrogens (primary N) is 2. The first-order chi connectivity index (χ1) is 7.10. The summed E-state index contributed by atoms with van der Waals surface area (Å²) in [6.07, 6.45) is 0. The molecule has 0 aliphatic heterocycles. The predicted molar refractivity (Wildman–Crippen MR) is 53.9 cm³/mol. The van der Waals surface area contributed by atoms with Crippen LogP contribution < -0.4 is 16.2 Å². The second-order valence-electron chi connectivity index (χ2n) is 3.08. The number of methoxy groups -OCH3 is 1. The van der Waals surface area contributed by atoms with Crippen LogP contribution in [-0.2, 0) is 4.79 Å². The van der Waals surface area contributed by atoms with Crippen LogP contribution in [0.3, 0.4) is 0 Å². The number of primary amides is 1. The van der Waals surface area contributed by atoms with E-state index < -0.39 is 17.6 Å². The normalized spacial score (nSPS) is 12.2. The van der Waals surface area contributed by atoms with E-state index >= 15 is 0 Å². The van der Waals surface area contributed by atoms with Gasteiger partial charge in [0.2, 0.25) is 5.91 Å². The highest BCUT2D eigenvalue weighted by Gasteiger charge is 2.17. The maximum atomic E-state index is 13.3. The Morgan fingerprint density at radius 1 is 1.60 bits per heavy atom. The Balaban J connectivity index is 3.05. The number of carbonyl (C=O) groups excluding carboxylic acids is 1. The summed E-state index contributed by atoms with van der Waals surface area (Å²) in [7, 11) is 1.37. The molecule has 15 heavy (non-hydrogen) atoms. The molecule has 1 unspecified atom stereocenters. The second-order valence-corrected chi connectivity index (χ2v) is 3.08. The smallest absolute Gasteiger partial charge is 0.226 e. The number of hydrogen-bond donors (Lipinski definition) is 2. The van der Waals surface area contributed by atoms with Crippen LogP contribution in [0.1, 0.15) is 11.5 Å². The topological polar surface area (TPSA) is 78.3 Å². The summed E-state index contributed by atoms with van der Waals surface area (Å²) >= 11 is 0. The van der Waals surface area contributed by atoms with E-state index in [4.69, 9.17) is 16.2 Å². The van der Waals surface area contributed by atoms with Crippen molar-refractivity contribution < 1.29 is 13.9 Å². The van der Waals surface area contributed by atoms with Gasteiger partial charge in [0.1, 0.15) is 0 Å². The van der Waals surface area contributed by atoms with Crippen LogP contribution in [0.4, 0.5) is 4.39 Å². The average Bonchev–Trinajstić information content (AvgIpc) is 2.18. The molecule has 1 amide bonds. The summed E-state index contributed by atoms with van der Waals surface area (Å²) in [4.78, 5) is 11.0. The highest BCUT2D eigenvalue weighted by Crippen LogP contribution is 2.22. The lowest BCUT2D eigenvalue weighted by Gasteiger charge is -2.12. The van der Waals surface area contributed by atoms with Crippen molar-refractivity contribution >= 4 is 5.91 Å². The summed E-state index contributed by atoms with van der Waals surface area (Å²) in [5.74, 6) is -1.64. The van der Waals surface area contributed by atoms with Gasteiger partial charge >= 0.3 is 0 Å². The number of ether oxygens (including phenoxy) is 1. The molecule has 0 aromatic heterocycles. The molecule has 1 atom stereocenters.